The number of rotatable bonds is 5. The van der Waals surface area contributed by atoms with Gasteiger partial charge in [0.15, 0.2) is 0 Å². The summed E-state index contributed by atoms with van der Waals surface area (Å²) < 4.78 is 10.8. The van der Waals surface area contributed by atoms with Crippen LogP contribution in [0.5, 0.6) is 5.75 Å². The van der Waals surface area contributed by atoms with Gasteiger partial charge in [-0.15, -0.1) is 0 Å². The molecule has 0 aliphatic carbocycles. The highest BCUT2D eigenvalue weighted by Gasteiger charge is 2.31. The summed E-state index contributed by atoms with van der Waals surface area (Å²) in [5.41, 5.74) is 0.631. The number of nitrogens with zero attached hydrogens (tertiary/aromatic N) is 1. The van der Waals surface area contributed by atoms with E-state index in [1.54, 1.807) is 13.0 Å². The van der Waals surface area contributed by atoms with Gasteiger partial charge in [0.25, 0.3) is 0 Å². The second-order valence-corrected chi connectivity index (χ2v) is 6.41. The number of aryl methyl sites for hydroxylation is 1. The molecule has 0 radical (unpaired) electrons. The van der Waals surface area contributed by atoms with Crippen molar-refractivity contribution in [3.8, 4) is 5.75 Å². The van der Waals surface area contributed by atoms with Gasteiger partial charge in [0, 0.05) is 19.0 Å². The summed E-state index contributed by atoms with van der Waals surface area (Å²) in [6.07, 6.45) is 1.43. The lowest BCUT2D eigenvalue weighted by molar-refractivity contribution is -0.132. The Morgan fingerprint density at radius 1 is 1.32 bits per heavy atom. The molecule has 2 atom stereocenters. The van der Waals surface area contributed by atoms with Crippen LogP contribution < -0.4 is 10.4 Å². The molecule has 1 aromatic carbocycles. The zero-order chi connectivity index (χ0) is 17.8. The molecular weight excluding hydrogens is 318 g/mol. The number of likely N-dealkylation sites (tertiary alicyclic amines) is 1. The van der Waals surface area contributed by atoms with E-state index in [-0.39, 0.29) is 17.9 Å². The fourth-order valence-corrected chi connectivity index (χ4v) is 3.32. The van der Waals surface area contributed by atoms with Gasteiger partial charge in [-0.25, -0.2) is 4.79 Å². The Morgan fingerprint density at radius 2 is 2.08 bits per heavy atom. The van der Waals surface area contributed by atoms with Gasteiger partial charge >= 0.3 is 5.63 Å². The molecule has 2 aromatic rings. The Hall–Kier alpha value is -2.56. The quantitative estimate of drug-likeness (QED) is 0.838. The second kappa shape index (κ2) is 7.55. The van der Waals surface area contributed by atoms with E-state index in [2.05, 4.69) is 0 Å². The van der Waals surface area contributed by atoms with E-state index in [4.69, 9.17) is 9.15 Å². The maximum atomic E-state index is 12.9. The molecule has 132 valence electrons. The first-order chi connectivity index (χ1) is 12.1. The first-order valence-electron chi connectivity index (χ1n) is 8.69. The van der Waals surface area contributed by atoms with Gasteiger partial charge < -0.3 is 14.1 Å². The van der Waals surface area contributed by atoms with E-state index < -0.39 is 5.63 Å². The highest BCUT2D eigenvalue weighted by atomic mass is 16.5. The molecule has 3 rings (SSSR count). The summed E-state index contributed by atoms with van der Waals surface area (Å²) in [7, 11) is 0. The molecule has 1 aliphatic heterocycles. The summed E-state index contributed by atoms with van der Waals surface area (Å²) in [6, 6.07) is 12.9. The van der Waals surface area contributed by atoms with Crippen molar-refractivity contribution in [1.82, 2.24) is 4.90 Å². The summed E-state index contributed by atoms with van der Waals surface area (Å²) in [5, 5.41) is 0. The fourth-order valence-electron chi connectivity index (χ4n) is 3.32. The Balaban J connectivity index is 1.65. The Bertz CT molecular complexity index is 784. The first kappa shape index (κ1) is 17.3. The van der Waals surface area contributed by atoms with Crippen molar-refractivity contribution >= 4 is 5.91 Å². The average molecular weight is 341 g/mol. The van der Waals surface area contributed by atoms with E-state index in [1.807, 2.05) is 42.2 Å². The van der Waals surface area contributed by atoms with E-state index >= 15 is 0 Å². The Labute approximate surface area is 147 Å². The zero-order valence-corrected chi connectivity index (χ0v) is 14.6. The van der Waals surface area contributed by atoms with Gasteiger partial charge in [-0.05, 0) is 18.9 Å². The molecule has 0 saturated carbocycles. The van der Waals surface area contributed by atoms with Crippen LogP contribution in [0.1, 0.15) is 37.0 Å². The van der Waals surface area contributed by atoms with Crippen molar-refractivity contribution in [2.75, 3.05) is 13.1 Å². The number of hydrogen-bond acceptors (Lipinski definition) is 4. The van der Waals surface area contributed by atoms with Gasteiger partial charge in [-0.2, -0.15) is 0 Å². The highest BCUT2D eigenvalue weighted by Crippen LogP contribution is 2.25. The molecule has 1 saturated heterocycles. The van der Waals surface area contributed by atoms with Crippen LogP contribution in [-0.2, 0) is 4.79 Å². The lowest BCUT2D eigenvalue weighted by atomic mass is 9.95. The maximum absolute atomic E-state index is 12.9. The van der Waals surface area contributed by atoms with Gasteiger partial charge in [-0.3, -0.25) is 4.79 Å². The maximum Gasteiger partial charge on any atom is 0.339 e. The summed E-state index contributed by atoms with van der Waals surface area (Å²) >= 11 is 0. The molecule has 1 amide bonds. The van der Waals surface area contributed by atoms with E-state index in [0.29, 0.717) is 24.6 Å². The van der Waals surface area contributed by atoms with Gasteiger partial charge in [-0.1, -0.05) is 37.3 Å². The summed E-state index contributed by atoms with van der Waals surface area (Å²) in [5.74, 6) is 1.04. The molecule has 5 heteroatoms. The second-order valence-electron chi connectivity index (χ2n) is 6.41. The van der Waals surface area contributed by atoms with Crippen LogP contribution in [0.3, 0.4) is 0 Å². The van der Waals surface area contributed by atoms with Crippen molar-refractivity contribution in [2.24, 2.45) is 0 Å². The highest BCUT2D eigenvalue weighted by molar-refractivity contribution is 5.84. The third-order valence-corrected chi connectivity index (χ3v) is 4.53. The van der Waals surface area contributed by atoms with Gasteiger partial charge in [0.1, 0.15) is 17.6 Å². The van der Waals surface area contributed by atoms with Crippen LogP contribution in [0.15, 0.2) is 51.7 Å². The van der Waals surface area contributed by atoms with Crippen molar-refractivity contribution in [3.63, 3.8) is 0 Å². The molecule has 0 bridgehead atoms. The minimum atomic E-state index is -0.420. The summed E-state index contributed by atoms with van der Waals surface area (Å²) in [6.45, 7) is 4.96. The number of ether oxygens (including phenoxy) is 1. The number of hydrogen-bond donors (Lipinski definition) is 0. The van der Waals surface area contributed by atoms with Crippen molar-refractivity contribution in [2.45, 2.75) is 38.7 Å². The third kappa shape index (κ3) is 4.10. The smallest absolute Gasteiger partial charge is 0.339 e. The predicted octanol–water partition coefficient (Wildman–Crippen LogP) is 3.12. The molecule has 2 heterocycles. The van der Waals surface area contributed by atoms with Crippen molar-refractivity contribution < 1.29 is 13.9 Å². The number of benzene rings is 1. The van der Waals surface area contributed by atoms with Crippen molar-refractivity contribution in [1.29, 1.82) is 0 Å². The molecule has 1 aliphatic rings. The lowest BCUT2D eigenvalue weighted by Crippen LogP contribution is -2.34. The fraction of sp³-hybridized carbons (Fsp3) is 0.400. The van der Waals surface area contributed by atoms with Crippen LogP contribution in [0.2, 0.25) is 0 Å². The molecule has 2 unspecified atom stereocenters. The molecule has 1 aromatic heterocycles. The van der Waals surface area contributed by atoms with Crippen molar-refractivity contribution in [3.05, 3.63) is 64.2 Å². The minimum Gasteiger partial charge on any atom is -0.488 e. The molecule has 1 fully saturated rings. The largest absolute Gasteiger partial charge is 0.488 e. The normalized spacial score (nSPS) is 18.2. The molecule has 0 N–H and O–H groups in total. The first-order valence-corrected chi connectivity index (χ1v) is 8.69. The predicted molar refractivity (Wildman–Crippen MR) is 94.8 cm³/mol. The zero-order valence-electron chi connectivity index (χ0n) is 14.6. The monoisotopic (exact) mass is 341 g/mol. The van der Waals surface area contributed by atoms with E-state index in [9.17, 15) is 9.59 Å². The molecule has 25 heavy (non-hydrogen) atoms. The third-order valence-electron chi connectivity index (χ3n) is 4.53. The topological polar surface area (TPSA) is 59.8 Å². The molecular formula is C20H23NO4. The van der Waals surface area contributed by atoms with Crippen LogP contribution in [0.4, 0.5) is 0 Å². The minimum absolute atomic E-state index is 0.0987. The van der Waals surface area contributed by atoms with Crippen LogP contribution >= 0.6 is 0 Å². The molecule has 5 nitrogen and oxygen atoms in total. The Kier molecular flexibility index (Phi) is 5.22. The SMILES string of the molecule is CCC(C(=O)N1CCC(Oc2cc(C)oc(=O)c2)C1)c1ccccc1. The number of amides is 1. The van der Waals surface area contributed by atoms with E-state index in [0.717, 1.165) is 18.4 Å². The van der Waals surface area contributed by atoms with Gasteiger partial charge in [0.2, 0.25) is 5.91 Å². The van der Waals surface area contributed by atoms with E-state index in [1.165, 1.54) is 6.07 Å². The van der Waals surface area contributed by atoms with Crippen LogP contribution in [0, 0.1) is 6.92 Å². The Morgan fingerprint density at radius 3 is 2.76 bits per heavy atom. The van der Waals surface area contributed by atoms with Gasteiger partial charge in [0.05, 0.1) is 18.5 Å². The summed E-state index contributed by atoms with van der Waals surface area (Å²) in [4.78, 5) is 26.2. The van der Waals surface area contributed by atoms with Crippen LogP contribution in [-0.4, -0.2) is 30.0 Å². The molecule has 0 spiro atoms. The standard InChI is InChI=1S/C20H23NO4/c1-3-18(15-7-5-4-6-8-15)20(23)21-10-9-16(13-21)25-17-11-14(2)24-19(22)12-17/h4-8,11-12,16,18H,3,9-10,13H2,1-2H3. The lowest BCUT2D eigenvalue weighted by Gasteiger charge is -2.23. The number of carbonyl (C=O) groups excluding carboxylic acids is 1. The number of carbonyl (C=O) groups is 1. The van der Waals surface area contributed by atoms with Crippen LogP contribution in [0.25, 0.3) is 0 Å². The average Bonchev–Trinajstić information content (AvgIpc) is 3.04.